The predicted octanol–water partition coefficient (Wildman–Crippen LogP) is 5.62. The fraction of sp³-hybridized carbons (Fsp3) is 0.125. The van der Waals surface area contributed by atoms with Crippen molar-refractivity contribution in [2.75, 3.05) is 0 Å². The second-order valence-electron chi connectivity index (χ2n) is 6.73. The minimum atomic E-state index is 1.24. The van der Waals surface area contributed by atoms with Gasteiger partial charge in [0, 0.05) is 23.1 Å². The molecule has 0 spiro atoms. The molecule has 0 unspecified atom stereocenters. The normalized spacial score (nSPS) is 11.0. The smallest absolute Gasteiger partial charge is 0.194 e. The lowest BCUT2D eigenvalue weighted by molar-refractivity contribution is -0.633. The molecule has 0 radical (unpaired) electrons. The summed E-state index contributed by atoms with van der Waals surface area (Å²) in [5.74, 6) is 0. The molecule has 3 aromatic carbocycles. The van der Waals surface area contributed by atoms with Crippen LogP contribution in [0.3, 0.4) is 0 Å². The lowest BCUT2D eigenvalue weighted by atomic mass is 10.0. The number of hydrogen-bond acceptors (Lipinski definition) is 0. The Bertz CT molecular complexity index is 1060. The monoisotopic (exact) mass is 324 g/mol. The lowest BCUT2D eigenvalue weighted by Gasteiger charge is -2.08. The third-order valence-corrected chi connectivity index (χ3v) is 4.98. The summed E-state index contributed by atoms with van der Waals surface area (Å²) in [7, 11) is 2.16. The van der Waals surface area contributed by atoms with E-state index in [1.54, 1.807) is 0 Å². The molecule has 1 nitrogen and oxygen atoms in total. The summed E-state index contributed by atoms with van der Waals surface area (Å²) < 4.78 is 2.30. The highest BCUT2D eigenvalue weighted by Gasteiger charge is 2.16. The van der Waals surface area contributed by atoms with E-state index in [1.807, 2.05) is 0 Å². The number of rotatable bonds is 2. The Kier molecular flexibility index (Phi) is 3.85. The van der Waals surface area contributed by atoms with Gasteiger partial charge in [-0.15, -0.1) is 0 Å². The number of aromatic nitrogens is 1. The Morgan fingerprint density at radius 3 is 2.12 bits per heavy atom. The molecule has 0 amide bonds. The van der Waals surface area contributed by atoms with Gasteiger partial charge in [0.25, 0.3) is 0 Å². The van der Waals surface area contributed by atoms with Crippen LogP contribution in [0.4, 0.5) is 0 Å². The topological polar surface area (TPSA) is 3.88 Å². The minimum absolute atomic E-state index is 1.24. The van der Waals surface area contributed by atoms with Gasteiger partial charge >= 0.3 is 0 Å². The molecular formula is C24H22N+. The van der Waals surface area contributed by atoms with E-state index in [2.05, 4.69) is 104 Å². The maximum absolute atomic E-state index is 2.30. The van der Waals surface area contributed by atoms with Gasteiger partial charge in [-0.1, -0.05) is 54.1 Å². The molecule has 0 atom stereocenters. The molecule has 0 aliphatic rings. The SMILES string of the molecule is Cc1ccc(-c2ccc3ccc(-c4ccccc4C)[n+](C)c3c2)cc1. The average Bonchev–Trinajstić information content (AvgIpc) is 2.63. The zero-order valence-electron chi connectivity index (χ0n) is 15.0. The summed E-state index contributed by atoms with van der Waals surface area (Å²) in [6, 6.07) is 28.4. The van der Waals surface area contributed by atoms with Gasteiger partial charge in [0.2, 0.25) is 11.2 Å². The van der Waals surface area contributed by atoms with Crippen LogP contribution in [0.5, 0.6) is 0 Å². The molecule has 1 aromatic heterocycles. The fourth-order valence-electron chi connectivity index (χ4n) is 3.44. The van der Waals surface area contributed by atoms with Crippen LogP contribution < -0.4 is 4.57 Å². The summed E-state index contributed by atoms with van der Waals surface area (Å²) >= 11 is 0. The molecule has 4 aromatic rings. The van der Waals surface area contributed by atoms with Crippen molar-refractivity contribution in [1.29, 1.82) is 0 Å². The van der Waals surface area contributed by atoms with Crippen molar-refractivity contribution < 1.29 is 4.57 Å². The maximum atomic E-state index is 2.30. The zero-order valence-corrected chi connectivity index (χ0v) is 15.0. The molecule has 0 bridgehead atoms. The second kappa shape index (κ2) is 6.18. The molecule has 0 saturated carbocycles. The van der Waals surface area contributed by atoms with Crippen molar-refractivity contribution in [3.63, 3.8) is 0 Å². The molecule has 25 heavy (non-hydrogen) atoms. The Labute approximate surface area is 149 Å². The van der Waals surface area contributed by atoms with E-state index in [-0.39, 0.29) is 0 Å². The predicted molar refractivity (Wildman–Crippen MR) is 105 cm³/mol. The quantitative estimate of drug-likeness (QED) is 0.422. The first-order chi connectivity index (χ1) is 12.1. The van der Waals surface area contributed by atoms with Crippen molar-refractivity contribution in [2.45, 2.75) is 13.8 Å². The fourth-order valence-corrected chi connectivity index (χ4v) is 3.44. The van der Waals surface area contributed by atoms with E-state index in [0.717, 1.165) is 0 Å². The summed E-state index contributed by atoms with van der Waals surface area (Å²) in [5.41, 5.74) is 8.88. The minimum Gasteiger partial charge on any atom is -0.194 e. The average molecular weight is 324 g/mol. The van der Waals surface area contributed by atoms with Gasteiger partial charge in [0.05, 0.1) is 0 Å². The van der Waals surface area contributed by atoms with E-state index in [1.165, 1.54) is 44.4 Å². The molecule has 0 fully saturated rings. The Balaban J connectivity index is 1.91. The van der Waals surface area contributed by atoms with E-state index in [0.29, 0.717) is 0 Å². The van der Waals surface area contributed by atoms with Crippen molar-refractivity contribution in [3.8, 4) is 22.4 Å². The molecule has 0 aliphatic carbocycles. The first-order valence-corrected chi connectivity index (χ1v) is 8.69. The van der Waals surface area contributed by atoms with Gasteiger partial charge in [-0.05, 0) is 48.7 Å². The first-order valence-electron chi connectivity index (χ1n) is 8.69. The number of nitrogens with zero attached hydrogens (tertiary/aromatic N) is 1. The molecule has 4 rings (SSSR count). The lowest BCUT2D eigenvalue weighted by Crippen LogP contribution is -2.32. The third kappa shape index (κ3) is 2.83. The van der Waals surface area contributed by atoms with Crippen LogP contribution in [0.25, 0.3) is 33.3 Å². The highest BCUT2D eigenvalue weighted by molar-refractivity contribution is 5.83. The first kappa shape index (κ1) is 15.6. The van der Waals surface area contributed by atoms with Crippen LogP contribution in [-0.4, -0.2) is 0 Å². The molecule has 0 N–H and O–H groups in total. The van der Waals surface area contributed by atoms with Crippen molar-refractivity contribution in [2.24, 2.45) is 7.05 Å². The van der Waals surface area contributed by atoms with Crippen LogP contribution in [0.1, 0.15) is 11.1 Å². The van der Waals surface area contributed by atoms with Crippen molar-refractivity contribution in [3.05, 3.63) is 90.0 Å². The van der Waals surface area contributed by atoms with Crippen molar-refractivity contribution in [1.82, 2.24) is 0 Å². The Morgan fingerprint density at radius 2 is 1.36 bits per heavy atom. The van der Waals surface area contributed by atoms with Gasteiger partial charge in [-0.25, -0.2) is 0 Å². The Hall–Kier alpha value is -2.93. The maximum Gasteiger partial charge on any atom is 0.213 e. The molecule has 0 saturated heterocycles. The second-order valence-corrected chi connectivity index (χ2v) is 6.73. The van der Waals surface area contributed by atoms with Gasteiger partial charge in [-0.2, -0.15) is 4.57 Å². The van der Waals surface area contributed by atoms with Gasteiger partial charge in [-0.3, -0.25) is 0 Å². The largest absolute Gasteiger partial charge is 0.213 e. The Morgan fingerprint density at radius 1 is 0.680 bits per heavy atom. The number of pyridine rings is 1. The number of fused-ring (bicyclic) bond motifs is 1. The molecule has 122 valence electrons. The summed E-state index contributed by atoms with van der Waals surface area (Å²) in [4.78, 5) is 0. The summed E-state index contributed by atoms with van der Waals surface area (Å²) in [6.45, 7) is 4.29. The van der Waals surface area contributed by atoms with Gasteiger partial charge < -0.3 is 0 Å². The number of aryl methyl sites for hydroxylation is 3. The highest BCUT2D eigenvalue weighted by atomic mass is 14.9. The summed E-state index contributed by atoms with van der Waals surface area (Å²) in [5, 5.41) is 1.26. The standard InChI is InChI=1S/C24H22N/c1-17-8-10-19(11-9-17)21-13-12-20-14-15-23(25(3)24(20)16-21)22-7-5-4-6-18(22)2/h4-16H,1-3H3/q+1. The van der Waals surface area contributed by atoms with Crippen LogP contribution in [-0.2, 0) is 7.05 Å². The van der Waals surface area contributed by atoms with Crippen LogP contribution in [0.15, 0.2) is 78.9 Å². The van der Waals surface area contributed by atoms with E-state index in [9.17, 15) is 0 Å². The molecule has 0 aliphatic heterocycles. The third-order valence-electron chi connectivity index (χ3n) is 4.98. The van der Waals surface area contributed by atoms with E-state index >= 15 is 0 Å². The van der Waals surface area contributed by atoms with Crippen LogP contribution in [0.2, 0.25) is 0 Å². The summed E-state index contributed by atoms with van der Waals surface area (Å²) in [6.07, 6.45) is 0. The van der Waals surface area contributed by atoms with Crippen molar-refractivity contribution >= 4 is 10.9 Å². The highest BCUT2D eigenvalue weighted by Crippen LogP contribution is 2.26. The number of hydrogen-bond donors (Lipinski definition) is 0. The number of benzene rings is 3. The van der Waals surface area contributed by atoms with Gasteiger partial charge in [0.15, 0.2) is 0 Å². The molecule has 1 heteroatoms. The van der Waals surface area contributed by atoms with E-state index < -0.39 is 0 Å². The van der Waals surface area contributed by atoms with E-state index in [4.69, 9.17) is 0 Å². The zero-order chi connectivity index (χ0) is 17.4. The van der Waals surface area contributed by atoms with Gasteiger partial charge in [0.1, 0.15) is 7.05 Å². The van der Waals surface area contributed by atoms with Crippen LogP contribution in [0, 0.1) is 13.8 Å². The molecule has 1 heterocycles. The van der Waals surface area contributed by atoms with Crippen LogP contribution >= 0.6 is 0 Å². The molecular weight excluding hydrogens is 302 g/mol.